The maximum atomic E-state index is 12.0. The minimum Gasteiger partial charge on any atom is -0.351 e. The Labute approximate surface area is 109 Å². The van der Waals surface area contributed by atoms with E-state index in [1.807, 2.05) is 7.05 Å². The van der Waals surface area contributed by atoms with Crippen molar-refractivity contribution in [2.75, 3.05) is 13.6 Å². The van der Waals surface area contributed by atoms with Crippen molar-refractivity contribution < 1.29 is 4.79 Å². The number of hydrogen-bond acceptors (Lipinski definition) is 2. The number of likely N-dealkylation sites (N-methyl/N-ethyl adjacent to an activating group) is 1. The van der Waals surface area contributed by atoms with Crippen LogP contribution >= 0.6 is 0 Å². The molecule has 1 aromatic rings. The lowest BCUT2D eigenvalue weighted by atomic mass is 10.1. The largest absolute Gasteiger partial charge is 0.351 e. The molecule has 0 radical (unpaired) electrons. The highest BCUT2D eigenvalue weighted by atomic mass is 16.2. The average molecular weight is 246 g/mol. The first-order chi connectivity index (χ1) is 8.70. The van der Waals surface area contributed by atoms with Crippen molar-refractivity contribution >= 4 is 5.91 Å². The number of aryl methyl sites for hydroxylation is 1. The summed E-state index contributed by atoms with van der Waals surface area (Å²) in [5.41, 5.74) is 2.50. The van der Waals surface area contributed by atoms with Gasteiger partial charge in [-0.3, -0.25) is 9.69 Å². The Kier molecular flexibility index (Phi) is 4.37. The summed E-state index contributed by atoms with van der Waals surface area (Å²) in [4.78, 5) is 14.1. The van der Waals surface area contributed by atoms with Crippen molar-refractivity contribution in [3.05, 3.63) is 35.4 Å². The van der Waals surface area contributed by atoms with Gasteiger partial charge >= 0.3 is 0 Å². The third-order valence-electron chi connectivity index (χ3n) is 3.72. The summed E-state index contributed by atoms with van der Waals surface area (Å²) in [6.07, 6.45) is 3.16. The molecule has 0 bridgehead atoms. The van der Waals surface area contributed by atoms with E-state index in [-0.39, 0.29) is 11.9 Å². The second kappa shape index (κ2) is 6.01. The van der Waals surface area contributed by atoms with Gasteiger partial charge in [0.1, 0.15) is 0 Å². The number of rotatable bonds is 4. The van der Waals surface area contributed by atoms with E-state index in [4.69, 9.17) is 0 Å². The molecule has 1 amide bonds. The SMILES string of the molecule is CCc1ccc(CNC(=O)[C@@H]2CCCN2C)cc1. The molecule has 1 heterocycles. The lowest BCUT2D eigenvalue weighted by molar-refractivity contribution is -0.125. The number of nitrogens with zero attached hydrogens (tertiary/aromatic N) is 1. The maximum Gasteiger partial charge on any atom is 0.237 e. The maximum absolute atomic E-state index is 12.0. The first-order valence-corrected chi connectivity index (χ1v) is 6.76. The number of hydrogen-bond donors (Lipinski definition) is 1. The van der Waals surface area contributed by atoms with Crippen LogP contribution in [0.5, 0.6) is 0 Å². The van der Waals surface area contributed by atoms with Crippen molar-refractivity contribution in [1.82, 2.24) is 10.2 Å². The number of carbonyl (C=O) groups excluding carboxylic acids is 1. The first-order valence-electron chi connectivity index (χ1n) is 6.76. The van der Waals surface area contributed by atoms with Crippen molar-refractivity contribution in [2.24, 2.45) is 0 Å². The van der Waals surface area contributed by atoms with Crippen LogP contribution in [0.15, 0.2) is 24.3 Å². The monoisotopic (exact) mass is 246 g/mol. The summed E-state index contributed by atoms with van der Waals surface area (Å²) < 4.78 is 0. The summed E-state index contributed by atoms with van der Waals surface area (Å²) in [5, 5.41) is 3.03. The Hall–Kier alpha value is -1.35. The summed E-state index contributed by atoms with van der Waals surface area (Å²) in [6.45, 7) is 3.81. The van der Waals surface area contributed by atoms with E-state index in [2.05, 4.69) is 41.4 Å². The predicted octanol–water partition coefficient (Wildman–Crippen LogP) is 1.96. The molecule has 0 aromatic heterocycles. The van der Waals surface area contributed by atoms with Crippen LogP contribution in [0.3, 0.4) is 0 Å². The van der Waals surface area contributed by atoms with Gasteiger partial charge in [0.25, 0.3) is 0 Å². The molecule has 0 spiro atoms. The van der Waals surface area contributed by atoms with Gasteiger partial charge in [0.15, 0.2) is 0 Å². The fourth-order valence-electron chi connectivity index (χ4n) is 2.44. The summed E-state index contributed by atoms with van der Waals surface area (Å²) in [6, 6.07) is 8.52. The molecule has 1 N–H and O–H groups in total. The van der Waals surface area contributed by atoms with E-state index in [0.29, 0.717) is 6.54 Å². The van der Waals surface area contributed by atoms with Gasteiger partial charge in [0.05, 0.1) is 6.04 Å². The molecule has 0 unspecified atom stereocenters. The number of carbonyl (C=O) groups is 1. The van der Waals surface area contributed by atoms with Gasteiger partial charge in [-0.15, -0.1) is 0 Å². The van der Waals surface area contributed by atoms with Gasteiger partial charge in [-0.05, 0) is 44.0 Å². The van der Waals surface area contributed by atoms with Crippen LogP contribution in [-0.2, 0) is 17.8 Å². The lowest BCUT2D eigenvalue weighted by Gasteiger charge is -2.18. The zero-order valence-corrected chi connectivity index (χ0v) is 11.3. The molecule has 3 nitrogen and oxygen atoms in total. The second-order valence-electron chi connectivity index (χ2n) is 5.03. The predicted molar refractivity (Wildman–Crippen MR) is 73.3 cm³/mol. The lowest BCUT2D eigenvalue weighted by Crippen LogP contribution is -2.41. The highest BCUT2D eigenvalue weighted by molar-refractivity contribution is 5.81. The van der Waals surface area contributed by atoms with Crippen LogP contribution in [0.2, 0.25) is 0 Å². The summed E-state index contributed by atoms with van der Waals surface area (Å²) >= 11 is 0. The molecular formula is C15H22N2O. The van der Waals surface area contributed by atoms with Crippen LogP contribution in [0, 0.1) is 0 Å². The standard InChI is InChI=1S/C15H22N2O/c1-3-12-6-8-13(9-7-12)11-16-15(18)14-5-4-10-17(14)2/h6-9,14H,3-5,10-11H2,1-2H3,(H,16,18)/t14-/m0/s1. The quantitative estimate of drug-likeness (QED) is 0.881. The van der Waals surface area contributed by atoms with Gasteiger partial charge < -0.3 is 5.32 Å². The van der Waals surface area contributed by atoms with Gasteiger partial charge in [0.2, 0.25) is 5.91 Å². The van der Waals surface area contributed by atoms with Crippen molar-refractivity contribution in [1.29, 1.82) is 0 Å². The highest BCUT2D eigenvalue weighted by Crippen LogP contribution is 2.14. The van der Waals surface area contributed by atoms with Gasteiger partial charge in [-0.2, -0.15) is 0 Å². The highest BCUT2D eigenvalue weighted by Gasteiger charge is 2.27. The Morgan fingerprint density at radius 1 is 1.33 bits per heavy atom. The Bertz CT molecular complexity index is 399. The number of benzene rings is 1. The zero-order chi connectivity index (χ0) is 13.0. The number of likely N-dealkylation sites (tertiary alicyclic amines) is 1. The molecule has 18 heavy (non-hydrogen) atoms. The van der Waals surface area contributed by atoms with Gasteiger partial charge in [-0.25, -0.2) is 0 Å². The van der Waals surface area contributed by atoms with Crippen LogP contribution in [0.4, 0.5) is 0 Å². The summed E-state index contributed by atoms with van der Waals surface area (Å²) in [5.74, 6) is 0.162. The Balaban J connectivity index is 1.85. The molecule has 1 aliphatic rings. The topological polar surface area (TPSA) is 32.3 Å². The van der Waals surface area contributed by atoms with Crippen LogP contribution in [0.1, 0.15) is 30.9 Å². The molecule has 1 aromatic carbocycles. The molecule has 1 aliphatic heterocycles. The third kappa shape index (κ3) is 3.10. The van der Waals surface area contributed by atoms with E-state index >= 15 is 0 Å². The normalized spacial score (nSPS) is 20.0. The van der Waals surface area contributed by atoms with Gasteiger partial charge in [0, 0.05) is 6.54 Å². The van der Waals surface area contributed by atoms with E-state index in [0.717, 1.165) is 25.8 Å². The molecule has 0 aliphatic carbocycles. The first kappa shape index (κ1) is 13.1. The van der Waals surface area contributed by atoms with Gasteiger partial charge in [-0.1, -0.05) is 31.2 Å². The molecule has 3 heteroatoms. The molecule has 0 saturated carbocycles. The fourth-order valence-corrected chi connectivity index (χ4v) is 2.44. The van der Waals surface area contributed by atoms with Crippen LogP contribution < -0.4 is 5.32 Å². The average Bonchev–Trinajstić information content (AvgIpc) is 2.83. The third-order valence-corrected chi connectivity index (χ3v) is 3.72. The van der Waals surface area contributed by atoms with E-state index in [9.17, 15) is 4.79 Å². The zero-order valence-electron chi connectivity index (χ0n) is 11.3. The minimum absolute atomic E-state index is 0.0694. The van der Waals surface area contributed by atoms with Crippen LogP contribution in [-0.4, -0.2) is 30.4 Å². The minimum atomic E-state index is 0.0694. The van der Waals surface area contributed by atoms with E-state index in [1.54, 1.807) is 0 Å². The molecule has 1 atom stereocenters. The Morgan fingerprint density at radius 3 is 2.56 bits per heavy atom. The second-order valence-corrected chi connectivity index (χ2v) is 5.03. The van der Waals surface area contributed by atoms with E-state index in [1.165, 1.54) is 11.1 Å². The molecular weight excluding hydrogens is 224 g/mol. The molecule has 1 fully saturated rings. The molecule has 2 rings (SSSR count). The van der Waals surface area contributed by atoms with Crippen molar-refractivity contribution in [3.63, 3.8) is 0 Å². The Morgan fingerprint density at radius 2 is 2.00 bits per heavy atom. The molecule has 1 saturated heterocycles. The smallest absolute Gasteiger partial charge is 0.237 e. The van der Waals surface area contributed by atoms with Crippen LogP contribution in [0.25, 0.3) is 0 Å². The van der Waals surface area contributed by atoms with Crippen molar-refractivity contribution in [3.8, 4) is 0 Å². The summed E-state index contributed by atoms with van der Waals surface area (Å²) in [7, 11) is 2.02. The fraction of sp³-hybridized carbons (Fsp3) is 0.533. The number of amides is 1. The number of nitrogens with one attached hydrogen (secondary N) is 1. The molecule has 98 valence electrons. The van der Waals surface area contributed by atoms with Crippen molar-refractivity contribution in [2.45, 2.75) is 38.8 Å². The van der Waals surface area contributed by atoms with E-state index < -0.39 is 0 Å².